The van der Waals surface area contributed by atoms with E-state index < -0.39 is 29.2 Å². The van der Waals surface area contributed by atoms with Crippen molar-refractivity contribution in [3.63, 3.8) is 0 Å². The lowest BCUT2D eigenvalue weighted by Crippen LogP contribution is -2.21. The second-order valence-electron chi connectivity index (χ2n) is 4.78. The van der Waals surface area contributed by atoms with E-state index in [2.05, 4.69) is 10.1 Å². The van der Waals surface area contributed by atoms with Gasteiger partial charge in [0, 0.05) is 6.07 Å². The summed E-state index contributed by atoms with van der Waals surface area (Å²) in [7, 11) is 1.18. The van der Waals surface area contributed by atoms with Gasteiger partial charge in [0.2, 0.25) is 0 Å². The number of methoxy groups -OCH3 is 1. The molecule has 0 bridgehead atoms. The van der Waals surface area contributed by atoms with Crippen molar-refractivity contribution in [1.82, 2.24) is 0 Å². The molecule has 0 radical (unpaired) electrons. The number of hydrogen-bond donors (Lipinski definition) is 1. The minimum Gasteiger partial charge on any atom is -0.484 e. The number of esters is 1. The molecule has 0 aromatic heterocycles. The van der Waals surface area contributed by atoms with Gasteiger partial charge >= 0.3 is 5.97 Å². The van der Waals surface area contributed by atoms with E-state index in [1.54, 1.807) is 0 Å². The topological polar surface area (TPSA) is 108 Å². The van der Waals surface area contributed by atoms with Crippen LogP contribution in [-0.4, -0.2) is 30.5 Å². The van der Waals surface area contributed by atoms with Gasteiger partial charge in [0.15, 0.2) is 6.61 Å². The van der Waals surface area contributed by atoms with Crippen molar-refractivity contribution in [2.45, 2.75) is 0 Å². The third-order valence-corrected chi connectivity index (χ3v) is 3.06. The maximum atomic E-state index is 13.7. The van der Waals surface area contributed by atoms with Gasteiger partial charge in [-0.25, -0.2) is 9.18 Å². The Morgan fingerprint density at radius 1 is 1.24 bits per heavy atom. The van der Waals surface area contributed by atoms with Gasteiger partial charge in [-0.15, -0.1) is 0 Å². The van der Waals surface area contributed by atoms with Crippen LogP contribution in [-0.2, 0) is 9.53 Å². The maximum Gasteiger partial charge on any atom is 0.337 e. The van der Waals surface area contributed by atoms with Gasteiger partial charge in [0.1, 0.15) is 11.6 Å². The minimum atomic E-state index is -0.739. The third-order valence-electron chi connectivity index (χ3n) is 3.06. The fourth-order valence-corrected chi connectivity index (χ4v) is 1.89. The first kappa shape index (κ1) is 17.9. The second-order valence-corrected chi connectivity index (χ2v) is 4.78. The Balaban J connectivity index is 2.02. The number of carbonyl (C=O) groups is 2. The van der Waals surface area contributed by atoms with E-state index in [4.69, 9.17) is 4.74 Å². The SMILES string of the molecule is COC(=O)c1ccc(F)c(NC(=O)COc2cccc([N+](=O)[O-])c2)c1. The Kier molecular flexibility index (Phi) is 5.62. The van der Waals surface area contributed by atoms with Crippen molar-refractivity contribution < 1.29 is 28.4 Å². The summed E-state index contributed by atoms with van der Waals surface area (Å²) in [6.45, 7) is -0.497. The Morgan fingerprint density at radius 3 is 2.68 bits per heavy atom. The zero-order valence-electron chi connectivity index (χ0n) is 13.0. The first-order chi connectivity index (χ1) is 11.9. The first-order valence-electron chi connectivity index (χ1n) is 6.95. The lowest BCUT2D eigenvalue weighted by atomic mass is 10.2. The Morgan fingerprint density at radius 2 is 2.00 bits per heavy atom. The van der Waals surface area contributed by atoms with E-state index in [-0.39, 0.29) is 22.7 Å². The van der Waals surface area contributed by atoms with Gasteiger partial charge in [-0.05, 0) is 24.3 Å². The molecule has 0 aliphatic carbocycles. The normalized spacial score (nSPS) is 10.0. The van der Waals surface area contributed by atoms with E-state index in [0.29, 0.717) is 0 Å². The van der Waals surface area contributed by atoms with Crippen molar-refractivity contribution in [2.75, 3.05) is 19.0 Å². The molecular weight excluding hydrogens is 335 g/mol. The highest BCUT2D eigenvalue weighted by Crippen LogP contribution is 2.20. The third kappa shape index (κ3) is 4.74. The van der Waals surface area contributed by atoms with E-state index >= 15 is 0 Å². The number of carbonyl (C=O) groups excluding carboxylic acids is 2. The number of hydrogen-bond acceptors (Lipinski definition) is 6. The van der Waals surface area contributed by atoms with Crippen LogP contribution in [0.5, 0.6) is 5.75 Å². The molecule has 0 heterocycles. The number of benzene rings is 2. The van der Waals surface area contributed by atoms with Crippen molar-refractivity contribution in [3.8, 4) is 5.75 Å². The average molecular weight is 348 g/mol. The summed E-state index contributed by atoms with van der Waals surface area (Å²) in [5.74, 6) is -2.00. The summed E-state index contributed by atoms with van der Waals surface area (Å²) < 4.78 is 23.4. The van der Waals surface area contributed by atoms with E-state index in [9.17, 15) is 24.1 Å². The second kappa shape index (κ2) is 7.86. The molecule has 2 aromatic rings. The predicted molar refractivity (Wildman–Crippen MR) is 85.0 cm³/mol. The molecule has 0 aliphatic heterocycles. The average Bonchev–Trinajstić information content (AvgIpc) is 2.61. The van der Waals surface area contributed by atoms with E-state index in [0.717, 1.165) is 18.2 Å². The minimum absolute atomic E-state index is 0.0683. The summed E-state index contributed by atoms with van der Waals surface area (Å²) in [5.41, 5.74) is -0.330. The molecule has 2 aromatic carbocycles. The number of ether oxygens (including phenoxy) is 2. The van der Waals surface area contributed by atoms with Gasteiger partial charge in [-0.2, -0.15) is 0 Å². The van der Waals surface area contributed by atoms with Crippen molar-refractivity contribution in [2.24, 2.45) is 0 Å². The van der Waals surface area contributed by atoms with Gasteiger partial charge < -0.3 is 14.8 Å². The standard InChI is InChI=1S/C16H13FN2O6/c1-24-16(21)10-5-6-13(17)14(7-10)18-15(20)9-25-12-4-2-3-11(8-12)19(22)23/h2-8H,9H2,1H3,(H,18,20). The molecule has 0 aliphatic rings. The molecule has 0 fully saturated rings. The number of non-ortho nitro benzene ring substituents is 1. The number of halogens is 1. The van der Waals surface area contributed by atoms with Crippen LogP contribution in [0.3, 0.4) is 0 Å². The smallest absolute Gasteiger partial charge is 0.337 e. The Hall–Kier alpha value is -3.49. The fraction of sp³-hybridized carbons (Fsp3) is 0.125. The monoisotopic (exact) mass is 348 g/mol. The molecule has 0 unspecified atom stereocenters. The summed E-state index contributed by atoms with van der Waals surface area (Å²) in [4.78, 5) is 33.4. The molecule has 25 heavy (non-hydrogen) atoms. The zero-order chi connectivity index (χ0) is 18.4. The number of nitro groups is 1. The van der Waals surface area contributed by atoms with Crippen LogP contribution in [0.15, 0.2) is 42.5 Å². The number of nitro benzene ring substituents is 1. The van der Waals surface area contributed by atoms with Gasteiger partial charge in [-0.1, -0.05) is 6.07 Å². The van der Waals surface area contributed by atoms with Gasteiger partial charge in [-0.3, -0.25) is 14.9 Å². The van der Waals surface area contributed by atoms with Crippen LogP contribution in [0.2, 0.25) is 0 Å². The highest BCUT2D eigenvalue weighted by molar-refractivity contribution is 5.95. The van der Waals surface area contributed by atoms with Crippen molar-refractivity contribution in [3.05, 3.63) is 64.0 Å². The number of amides is 1. The summed E-state index contributed by atoms with van der Waals surface area (Å²) in [5, 5.41) is 12.9. The highest BCUT2D eigenvalue weighted by Gasteiger charge is 2.13. The van der Waals surface area contributed by atoms with Crippen molar-refractivity contribution in [1.29, 1.82) is 0 Å². The zero-order valence-corrected chi connectivity index (χ0v) is 13.0. The number of nitrogens with zero attached hydrogens (tertiary/aromatic N) is 1. The van der Waals surface area contributed by atoms with Crippen LogP contribution in [0, 0.1) is 15.9 Å². The molecule has 0 spiro atoms. The quantitative estimate of drug-likeness (QED) is 0.488. The number of nitrogens with one attached hydrogen (secondary N) is 1. The molecule has 130 valence electrons. The van der Waals surface area contributed by atoms with Gasteiger partial charge in [0.25, 0.3) is 11.6 Å². The van der Waals surface area contributed by atoms with Crippen LogP contribution < -0.4 is 10.1 Å². The predicted octanol–water partition coefficient (Wildman–Crippen LogP) is 2.54. The molecule has 8 nitrogen and oxygen atoms in total. The molecule has 1 amide bonds. The molecule has 1 N–H and O–H groups in total. The molecule has 0 saturated carbocycles. The molecular formula is C16H13FN2O6. The highest BCUT2D eigenvalue weighted by atomic mass is 19.1. The van der Waals surface area contributed by atoms with Crippen molar-refractivity contribution >= 4 is 23.3 Å². The lowest BCUT2D eigenvalue weighted by Gasteiger charge is -2.09. The summed E-state index contributed by atoms with van der Waals surface area (Å²) in [6, 6.07) is 8.65. The summed E-state index contributed by atoms with van der Waals surface area (Å²) in [6.07, 6.45) is 0. The maximum absolute atomic E-state index is 13.7. The molecule has 0 saturated heterocycles. The van der Waals surface area contributed by atoms with Crippen LogP contribution in [0.1, 0.15) is 10.4 Å². The first-order valence-corrected chi connectivity index (χ1v) is 6.95. The lowest BCUT2D eigenvalue weighted by molar-refractivity contribution is -0.384. The number of anilines is 1. The number of rotatable bonds is 6. The van der Waals surface area contributed by atoms with E-state index in [1.165, 1.54) is 31.4 Å². The fourth-order valence-electron chi connectivity index (χ4n) is 1.89. The Labute approximate surface area is 141 Å². The Bertz CT molecular complexity index is 824. The molecule has 9 heteroatoms. The van der Waals surface area contributed by atoms with Crippen LogP contribution in [0.4, 0.5) is 15.8 Å². The molecule has 0 atom stereocenters. The molecule has 2 rings (SSSR count). The van der Waals surface area contributed by atoms with Crippen LogP contribution >= 0.6 is 0 Å². The van der Waals surface area contributed by atoms with Crippen LogP contribution in [0.25, 0.3) is 0 Å². The van der Waals surface area contributed by atoms with E-state index in [1.807, 2.05) is 0 Å². The summed E-state index contributed by atoms with van der Waals surface area (Å²) >= 11 is 0. The van der Waals surface area contributed by atoms with Gasteiger partial charge in [0.05, 0.1) is 29.4 Å². The largest absolute Gasteiger partial charge is 0.484 e.